The van der Waals surface area contributed by atoms with Gasteiger partial charge in [0.1, 0.15) is 5.75 Å². The van der Waals surface area contributed by atoms with Crippen LogP contribution in [0.4, 0.5) is 0 Å². The molecule has 2 unspecified atom stereocenters. The summed E-state index contributed by atoms with van der Waals surface area (Å²) in [5.74, 6) is 0.925. The lowest BCUT2D eigenvalue weighted by atomic mass is 10.1. The molecule has 0 spiro atoms. The summed E-state index contributed by atoms with van der Waals surface area (Å²) >= 11 is 0. The molecule has 1 aromatic carbocycles. The topological polar surface area (TPSA) is 28.3 Å². The number of ether oxygens (including phenoxy) is 1. The summed E-state index contributed by atoms with van der Waals surface area (Å²) in [6.07, 6.45) is 5.62. The first-order valence-corrected chi connectivity index (χ1v) is 8.50. The fourth-order valence-electron chi connectivity index (χ4n) is 3.09. The van der Waals surface area contributed by atoms with Gasteiger partial charge in [-0.05, 0) is 56.9 Å². The van der Waals surface area contributed by atoms with Gasteiger partial charge < -0.3 is 9.72 Å². The first-order chi connectivity index (χ1) is 10.6. The van der Waals surface area contributed by atoms with Crippen LogP contribution in [0.15, 0.2) is 24.4 Å². The quantitative estimate of drug-likeness (QED) is 0.730. The molecule has 0 bridgehead atoms. The summed E-state index contributed by atoms with van der Waals surface area (Å²) in [6.45, 7) is 10.3. The van der Waals surface area contributed by atoms with Crippen LogP contribution in [0.25, 0.3) is 10.9 Å². The lowest BCUT2D eigenvalue weighted by molar-refractivity contribution is 0.148. The Hall–Kier alpha value is -1.19. The Kier molecular flexibility index (Phi) is 7.93. The molecule has 130 valence electrons. The molecule has 0 radical (unpaired) electrons. The van der Waals surface area contributed by atoms with Crippen LogP contribution in [0.1, 0.15) is 46.1 Å². The van der Waals surface area contributed by atoms with E-state index in [1.54, 1.807) is 7.11 Å². The molecule has 1 N–H and O–H groups in total. The third-order valence-corrected chi connectivity index (χ3v) is 4.93. The molecule has 3 nitrogen and oxygen atoms in total. The van der Waals surface area contributed by atoms with Crippen LogP contribution in [-0.2, 0) is 6.42 Å². The molecule has 0 amide bonds. The summed E-state index contributed by atoms with van der Waals surface area (Å²) in [5, 5.41) is 1.28. The van der Waals surface area contributed by atoms with Crippen molar-refractivity contribution in [1.29, 1.82) is 0 Å². The average Bonchev–Trinajstić information content (AvgIpc) is 2.96. The molecule has 0 fully saturated rings. The first-order valence-electron chi connectivity index (χ1n) is 8.50. The van der Waals surface area contributed by atoms with Crippen LogP contribution >= 0.6 is 12.4 Å². The second-order valence-corrected chi connectivity index (χ2v) is 6.23. The number of rotatable bonds is 8. The van der Waals surface area contributed by atoms with E-state index in [9.17, 15) is 0 Å². The number of nitrogens with one attached hydrogen (secondary N) is 1. The predicted molar refractivity (Wildman–Crippen MR) is 102 cm³/mol. The number of hydrogen-bond donors (Lipinski definition) is 1. The highest BCUT2D eigenvalue weighted by molar-refractivity contribution is 5.85. The van der Waals surface area contributed by atoms with Crippen molar-refractivity contribution in [2.75, 3.05) is 13.7 Å². The maximum Gasteiger partial charge on any atom is 0.119 e. The van der Waals surface area contributed by atoms with Gasteiger partial charge in [0.25, 0.3) is 0 Å². The van der Waals surface area contributed by atoms with Gasteiger partial charge in [0, 0.05) is 35.7 Å². The largest absolute Gasteiger partial charge is 0.497 e. The molecule has 0 saturated heterocycles. The van der Waals surface area contributed by atoms with Gasteiger partial charge in [-0.25, -0.2) is 0 Å². The minimum atomic E-state index is 0. The summed E-state index contributed by atoms with van der Waals surface area (Å²) < 4.78 is 5.36. The molecule has 0 saturated carbocycles. The van der Waals surface area contributed by atoms with Gasteiger partial charge in [-0.15, -0.1) is 12.4 Å². The Balaban J connectivity index is 0.00000264. The van der Waals surface area contributed by atoms with E-state index in [1.165, 1.54) is 29.3 Å². The molecule has 23 heavy (non-hydrogen) atoms. The van der Waals surface area contributed by atoms with Crippen LogP contribution < -0.4 is 4.74 Å². The van der Waals surface area contributed by atoms with Gasteiger partial charge in [0.05, 0.1) is 7.11 Å². The molecule has 1 aromatic heterocycles. The van der Waals surface area contributed by atoms with Crippen LogP contribution in [0, 0.1) is 0 Å². The van der Waals surface area contributed by atoms with Crippen LogP contribution in [0.3, 0.4) is 0 Å². The van der Waals surface area contributed by atoms with Gasteiger partial charge in [-0.1, -0.05) is 13.8 Å². The van der Waals surface area contributed by atoms with Crippen molar-refractivity contribution in [3.63, 3.8) is 0 Å². The number of hydrogen-bond acceptors (Lipinski definition) is 2. The second-order valence-electron chi connectivity index (χ2n) is 6.23. The Morgan fingerprint density at radius 2 is 1.78 bits per heavy atom. The molecule has 4 heteroatoms. The van der Waals surface area contributed by atoms with Crippen molar-refractivity contribution in [3.05, 3.63) is 30.0 Å². The van der Waals surface area contributed by atoms with Crippen molar-refractivity contribution in [1.82, 2.24) is 9.88 Å². The highest BCUT2D eigenvalue weighted by Gasteiger charge is 2.18. The van der Waals surface area contributed by atoms with E-state index in [2.05, 4.69) is 55.9 Å². The standard InChI is InChI=1S/C19H30N2O.ClH/c1-6-14(3)21(15(4)7-2)11-10-16-13-20-19-9-8-17(22-5)12-18(16)19;/h8-9,12-15,20H,6-7,10-11H2,1-5H3;1H. The smallest absolute Gasteiger partial charge is 0.119 e. The molecule has 0 aliphatic heterocycles. The molecular formula is C19H31ClN2O. The lowest BCUT2D eigenvalue weighted by Gasteiger charge is -2.33. The molecule has 2 atom stereocenters. The van der Waals surface area contributed by atoms with E-state index in [0.717, 1.165) is 18.7 Å². The number of fused-ring (bicyclic) bond motifs is 1. The monoisotopic (exact) mass is 338 g/mol. The molecule has 0 aliphatic rings. The zero-order valence-corrected chi connectivity index (χ0v) is 15.9. The highest BCUT2D eigenvalue weighted by atomic mass is 35.5. The van der Waals surface area contributed by atoms with Crippen LogP contribution in [0.5, 0.6) is 5.75 Å². The zero-order valence-electron chi connectivity index (χ0n) is 15.1. The number of methoxy groups -OCH3 is 1. The summed E-state index contributed by atoms with van der Waals surface area (Å²) in [7, 11) is 1.72. The molecule has 1 heterocycles. The number of benzene rings is 1. The van der Waals surface area contributed by atoms with Crippen molar-refractivity contribution in [2.24, 2.45) is 0 Å². The molecule has 0 aliphatic carbocycles. The van der Waals surface area contributed by atoms with Gasteiger partial charge in [-0.3, -0.25) is 4.90 Å². The van der Waals surface area contributed by atoms with Crippen molar-refractivity contribution < 1.29 is 4.74 Å². The lowest BCUT2D eigenvalue weighted by Crippen LogP contribution is -2.41. The summed E-state index contributed by atoms with van der Waals surface area (Å²) in [4.78, 5) is 6.01. The van der Waals surface area contributed by atoms with Gasteiger partial charge in [0.2, 0.25) is 0 Å². The summed E-state index contributed by atoms with van der Waals surface area (Å²) in [5.41, 5.74) is 2.57. The van der Waals surface area contributed by atoms with E-state index in [-0.39, 0.29) is 12.4 Å². The van der Waals surface area contributed by atoms with Crippen molar-refractivity contribution in [3.8, 4) is 5.75 Å². The number of aromatic amines is 1. The van der Waals surface area contributed by atoms with E-state index >= 15 is 0 Å². The summed E-state index contributed by atoms with van der Waals surface area (Å²) in [6, 6.07) is 7.51. The van der Waals surface area contributed by atoms with E-state index in [0.29, 0.717) is 12.1 Å². The third-order valence-electron chi connectivity index (χ3n) is 4.93. The minimum Gasteiger partial charge on any atom is -0.497 e. The fraction of sp³-hybridized carbons (Fsp3) is 0.579. The van der Waals surface area contributed by atoms with E-state index in [4.69, 9.17) is 4.74 Å². The maximum atomic E-state index is 5.36. The number of H-pyrrole nitrogens is 1. The highest BCUT2D eigenvalue weighted by Crippen LogP contribution is 2.24. The average molecular weight is 339 g/mol. The zero-order chi connectivity index (χ0) is 16.1. The Morgan fingerprint density at radius 1 is 1.13 bits per heavy atom. The van der Waals surface area contributed by atoms with Gasteiger partial charge in [-0.2, -0.15) is 0 Å². The number of halogens is 1. The SMILES string of the molecule is CCC(C)N(CCc1c[nH]c2ccc(OC)cc12)C(C)CC.Cl. The van der Waals surface area contributed by atoms with Gasteiger partial charge in [0.15, 0.2) is 0 Å². The third kappa shape index (κ3) is 4.65. The number of aromatic nitrogens is 1. The van der Waals surface area contributed by atoms with Crippen LogP contribution in [-0.4, -0.2) is 35.6 Å². The fourth-order valence-corrected chi connectivity index (χ4v) is 3.09. The normalized spacial score (nSPS) is 13.8. The molecule has 2 aromatic rings. The Morgan fingerprint density at radius 3 is 2.35 bits per heavy atom. The second kappa shape index (κ2) is 9.19. The Labute approximate surface area is 146 Å². The van der Waals surface area contributed by atoms with Crippen molar-refractivity contribution >= 4 is 23.3 Å². The van der Waals surface area contributed by atoms with E-state index < -0.39 is 0 Å². The minimum absolute atomic E-state index is 0. The first kappa shape index (κ1) is 19.9. The van der Waals surface area contributed by atoms with E-state index in [1.807, 2.05) is 6.07 Å². The number of nitrogens with zero attached hydrogens (tertiary/aromatic N) is 1. The van der Waals surface area contributed by atoms with Crippen molar-refractivity contribution in [2.45, 2.75) is 59.0 Å². The molecule has 2 rings (SSSR count). The van der Waals surface area contributed by atoms with Crippen LogP contribution in [0.2, 0.25) is 0 Å². The predicted octanol–water partition coefficient (Wildman–Crippen LogP) is 5.04. The molecular weight excluding hydrogens is 308 g/mol. The Bertz CT molecular complexity index is 586. The van der Waals surface area contributed by atoms with Gasteiger partial charge >= 0.3 is 0 Å². The maximum absolute atomic E-state index is 5.36.